The summed E-state index contributed by atoms with van der Waals surface area (Å²) in [5.41, 5.74) is 2.11. The quantitative estimate of drug-likeness (QED) is 0.813. The molecule has 0 unspecified atom stereocenters. The fourth-order valence-electron chi connectivity index (χ4n) is 1.83. The van der Waals surface area contributed by atoms with Crippen molar-refractivity contribution < 1.29 is 0 Å². The zero-order chi connectivity index (χ0) is 14.0. The van der Waals surface area contributed by atoms with Gasteiger partial charge in [-0.1, -0.05) is 51.1 Å². The lowest BCUT2D eigenvalue weighted by molar-refractivity contribution is 0.564. The third kappa shape index (κ3) is 3.05. The second-order valence-corrected chi connectivity index (χ2v) is 6.50. The topological polar surface area (TPSA) is 37.8 Å². The van der Waals surface area contributed by atoms with E-state index in [4.69, 9.17) is 4.98 Å². The monoisotopic (exact) mass is 367 g/mol. The molecule has 1 N–H and O–H groups in total. The van der Waals surface area contributed by atoms with Crippen LogP contribution in [-0.2, 0) is 5.41 Å². The van der Waals surface area contributed by atoms with E-state index < -0.39 is 0 Å². The summed E-state index contributed by atoms with van der Waals surface area (Å²) in [7, 11) is 1.89. The summed E-state index contributed by atoms with van der Waals surface area (Å²) in [5, 5.41) is 3.16. The average Bonchev–Trinajstić information content (AvgIpc) is 2.38. The maximum Gasteiger partial charge on any atom is 0.161 e. The van der Waals surface area contributed by atoms with Crippen LogP contribution in [0.5, 0.6) is 0 Å². The van der Waals surface area contributed by atoms with Gasteiger partial charge < -0.3 is 5.32 Å². The van der Waals surface area contributed by atoms with Gasteiger partial charge in [-0.15, -0.1) is 0 Å². The van der Waals surface area contributed by atoms with Crippen LogP contribution < -0.4 is 5.32 Å². The molecular formula is C15H18IN3. The van der Waals surface area contributed by atoms with Gasteiger partial charge in [0, 0.05) is 18.0 Å². The van der Waals surface area contributed by atoms with Crippen LogP contribution in [0.4, 0.5) is 5.82 Å². The highest BCUT2D eigenvalue weighted by atomic mass is 127. The lowest BCUT2D eigenvalue weighted by atomic mass is 9.91. The van der Waals surface area contributed by atoms with Crippen molar-refractivity contribution in [1.82, 2.24) is 9.97 Å². The summed E-state index contributed by atoms with van der Waals surface area (Å²) in [5.74, 6) is 1.66. The van der Waals surface area contributed by atoms with Crippen LogP contribution in [0.1, 0.15) is 26.5 Å². The number of benzene rings is 1. The molecule has 0 atom stereocenters. The van der Waals surface area contributed by atoms with E-state index in [0.29, 0.717) is 0 Å². The first kappa shape index (κ1) is 14.2. The lowest BCUT2D eigenvalue weighted by Gasteiger charge is -2.21. The van der Waals surface area contributed by atoms with Crippen molar-refractivity contribution in [3.05, 3.63) is 39.6 Å². The van der Waals surface area contributed by atoms with Gasteiger partial charge in [-0.25, -0.2) is 9.97 Å². The molecule has 2 aromatic rings. The van der Waals surface area contributed by atoms with Crippen LogP contribution >= 0.6 is 22.6 Å². The molecule has 0 aliphatic rings. The Morgan fingerprint density at radius 1 is 1.05 bits per heavy atom. The first-order valence-corrected chi connectivity index (χ1v) is 7.32. The molecule has 2 rings (SSSR count). The molecule has 100 valence electrons. The minimum absolute atomic E-state index is 0.00536. The molecule has 0 amide bonds. The molecule has 0 fully saturated rings. The SMILES string of the molecule is CNc1nc(-c2ccccc2)nc(C(C)(C)C)c1I. The fourth-order valence-corrected chi connectivity index (χ4v) is 3.15. The Morgan fingerprint density at radius 2 is 1.68 bits per heavy atom. The second kappa shape index (κ2) is 5.45. The molecule has 0 saturated heterocycles. The van der Waals surface area contributed by atoms with Crippen LogP contribution in [0, 0.1) is 3.57 Å². The minimum atomic E-state index is -0.00536. The normalized spacial score (nSPS) is 11.4. The molecule has 4 heteroatoms. The number of aromatic nitrogens is 2. The Labute approximate surface area is 128 Å². The molecule has 19 heavy (non-hydrogen) atoms. The highest BCUT2D eigenvalue weighted by Gasteiger charge is 2.23. The number of nitrogens with zero attached hydrogens (tertiary/aromatic N) is 2. The number of anilines is 1. The van der Waals surface area contributed by atoms with Gasteiger partial charge in [0.15, 0.2) is 5.82 Å². The standard InChI is InChI=1S/C15H18IN3/c1-15(2,3)12-11(16)14(17-4)19-13(18-12)10-8-6-5-7-9-10/h5-9H,1-4H3,(H,17,18,19). The average molecular weight is 367 g/mol. The maximum atomic E-state index is 4.76. The first-order valence-electron chi connectivity index (χ1n) is 6.24. The van der Waals surface area contributed by atoms with Crippen molar-refractivity contribution in [2.75, 3.05) is 12.4 Å². The van der Waals surface area contributed by atoms with E-state index in [1.165, 1.54) is 0 Å². The molecule has 0 aliphatic heterocycles. The number of rotatable bonds is 2. The van der Waals surface area contributed by atoms with E-state index in [1.54, 1.807) is 0 Å². The number of hydrogen-bond donors (Lipinski definition) is 1. The van der Waals surface area contributed by atoms with Crippen molar-refractivity contribution in [2.45, 2.75) is 26.2 Å². The first-order chi connectivity index (χ1) is 8.93. The highest BCUT2D eigenvalue weighted by Crippen LogP contribution is 2.31. The maximum absolute atomic E-state index is 4.76. The Bertz CT molecular complexity index is 574. The second-order valence-electron chi connectivity index (χ2n) is 5.42. The summed E-state index contributed by atoms with van der Waals surface area (Å²) >= 11 is 2.31. The van der Waals surface area contributed by atoms with E-state index in [0.717, 1.165) is 26.5 Å². The molecule has 0 spiro atoms. The van der Waals surface area contributed by atoms with Crippen LogP contribution in [0.3, 0.4) is 0 Å². The van der Waals surface area contributed by atoms with Crippen LogP contribution in [-0.4, -0.2) is 17.0 Å². The predicted molar refractivity (Wildman–Crippen MR) is 88.4 cm³/mol. The molecule has 1 aromatic heterocycles. The summed E-state index contributed by atoms with van der Waals surface area (Å²) in [6.07, 6.45) is 0. The molecule has 0 saturated carbocycles. The van der Waals surface area contributed by atoms with Gasteiger partial charge in [0.1, 0.15) is 5.82 Å². The van der Waals surface area contributed by atoms with E-state index in [1.807, 2.05) is 37.4 Å². The highest BCUT2D eigenvalue weighted by molar-refractivity contribution is 14.1. The van der Waals surface area contributed by atoms with Gasteiger partial charge in [0.05, 0.1) is 9.26 Å². The van der Waals surface area contributed by atoms with Gasteiger partial charge in [-0.3, -0.25) is 0 Å². The van der Waals surface area contributed by atoms with Crippen molar-refractivity contribution >= 4 is 28.4 Å². The molecule has 0 aliphatic carbocycles. The van der Waals surface area contributed by atoms with Gasteiger partial charge in [0.2, 0.25) is 0 Å². The van der Waals surface area contributed by atoms with Crippen molar-refractivity contribution in [2.24, 2.45) is 0 Å². The van der Waals surface area contributed by atoms with Crippen molar-refractivity contribution in [3.63, 3.8) is 0 Å². The zero-order valence-electron chi connectivity index (χ0n) is 11.7. The Balaban J connectivity index is 2.65. The Morgan fingerprint density at radius 3 is 2.21 bits per heavy atom. The van der Waals surface area contributed by atoms with Gasteiger partial charge in [-0.2, -0.15) is 0 Å². The molecule has 1 heterocycles. The molecular weight excluding hydrogens is 349 g/mol. The van der Waals surface area contributed by atoms with Crippen molar-refractivity contribution in [1.29, 1.82) is 0 Å². The van der Waals surface area contributed by atoms with E-state index in [2.05, 4.69) is 53.7 Å². The largest absolute Gasteiger partial charge is 0.372 e. The third-order valence-corrected chi connectivity index (χ3v) is 3.85. The smallest absolute Gasteiger partial charge is 0.161 e. The number of hydrogen-bond acceptors (Lipinski definition) is 3. The summed E-state index contributed by atoms with van der Waals surface area (Å²) in [6.45, 7) is 6.52. The lowest BCUT2D eigenvalue weighted by Crippen LogP contribution is -2.18. The third-order valence-electron chi connectivity index (χ3n) is 2.83. The van der Waals surface area contributed by atoms with E-state index in [9.17, 15) is 0 Å². The summed E-state index contributed by atoms with van der Waals surface area (Å²) in [4.78, 5) is 9.37. The summed E-state index contributed by atoms with van der Waals surface area (Å²) < 4.78 is 1.09. The Hall–Kier alpha value is -1.17. The number of halogens is 1. The van der Waals surface area contributed by atoms with Gasteiger partial charge in [-0.05, 0) is 22.6 Å². The zero-order valence-corrected chi connectivity index (χ0v) is 13.8. The van der Waals surface area contributed by atoms with Gasteiger partial charge >= 0.3 is 0 Å². The van der Waals surface area contributed by atoms with Crippen LogP contribution in [0.15, 0.2) is 30.3 Å². The summed E-state index contributed by atoms with van der Waals surface area (Å²) in [6, 6.07) is 10.1. The predicted octanol–water partition coefficient (Wildman–Crippen LogP) is 4.09. The van der Waals surface area contributed by atoms with Crippen molar-refractivity contribution in [3.8, 4) is 11.4 Å². The molecule has 1 aromatic carbocycles. The van der Waals surface area contributed by atoms with Crippen LogP contribution in [0.25, 0.3) is 11.4 Å². The van der Waals surface area contributed by atoms with E-state index in [-0.39, 0.29) is 5.41 Å². The van der Waals surface area contributed by atoms with Crippen LogP contribution in [0.2, 0.25) is 0 Å². The van der Waals surface area contributed by atoms with E-state index >= 15 is 0 Å². The number of nitrogens with one attached hydrogen (secondary N) is 1. The molecule has 3 nitrogen and oxygen atoms in total. The minimum Gasteiger partial charge on any atom is -0.372 e. The molecule has 0 bridgehead atoms. The molecule has 0 radical (unpaired) electrons. The van der Waals surface area contributed by atoms with Gasteiger partial charge in [0.25, 0.3) is 0 Å². The Kier molecular flexibility index (Phi) is 4.08. The fraction of sp³-hybridized carbons (Fsp3) is 0.333.